The molecule has 5 heteroatoms. The fourth-order valence-corrected chi connectivity index (χ4v) is 3.65. The first kappa shape index (κ1) is 12.7. The maximum absolute atomic E-state index is 4.09. The molecule has 1 N–H and O–H groups in total. The highest BCUT2D eigenvalue weighted by atomic mass is 32.2. The Labute approximate surface area is 117 Å². The van der Waals surface area contributed by atoms with Gasteiger partial charge in [-0.05, 0) is 18.1 Å². The summed E-state index contributed by atoms with van der Waals surface area (Å²) >= 11 is 1.99. The van der Waals surface area contributed by atoms with E-state index >= 15 is 0 Å². The number of hydrogen-bond acceptors (Lipinski definition) is 4. The number of nitrogens with one attached hydrogen (secondary N) is 1. The smallest absolute Gasteiger partial charge is 0.133 e. The fraction of sp³-hybridized carbons (Fsp3) is 0.429. The highest BCUT2D eigenvalue weighted by Gasteiger charge is 2.20. The first-order chi connectivity index (χ1) is 9.33. The lowest BCUT2D eigenvalue weighted by molar-refractivity contribution is 0.638. The first-order valence-corrected chi connectivity index (χ1v) is 7.49. The summed E-state index contributed by atoms with van der Waals surface area (Å²) < 4.78 is 1.97. The van der Waals surface area contributed by atoms with Crippen LogP contribution in [0, 0.1) is 0 Å². The Hall–Kier alpha value is -1.33. The lowest BCUT2D eigenvalue weighted by atomic mass is 10.1. The topological polar surface area (TPSA) is 42.7 Å². The molecule has 0 saturated carbocycles. The quantitative estimate of drug-likeness (QED) is 0.842. The Balaban J connectivity index is 1.42. The zero-order valence-electron chi connectivity index (χ0n) is 11.0. The van der Waals surface area contributed by atoms with Gasteiger partial charge in [0.15, 0.2) is 0 Å². The van der Waals surface area contributed by atoms with Crippen LogP contribution in [0.1, 0.15) is 11.4 Å². The SMILES string of the molecule is Cn1cnnc1CCNCC1Cc2ccccc2S1. The molecule has 1 aliphatic rings. The Bertz CT molecular complexity index is 527. The van der Waals surface area contributed by atoms with Gasteiger partial charge >= 0.3 is 0 Å². The summed E-state index contributed by atoms with van der Waals surface area (Å²) in [6, 6.07) is 8.71. The number of thioether (sulfide) groups is 1. The molecule has 3 rings (SSSR count). The van der Waals surface area contributed by atoms with E-state index in [2.05, 4.69) is 39.8 Å². The highest BCUT2D eigenvalue weighted by Crippen LogP contribution is 2.36. The second kappa shape index (κ2) is 5.75. The molecule has 2 heterocycles. The van der Waals surface area contributed by atoms with E-state index in [4.69, 9.17) is 0 Å². The van der Waals surface area contributed by atoms with Crippen molar-refractivity contribution in [3.63, 3.8) is 0 Å². The highest BCUT2D eigenvalue weighted by molar-refractivity contribution is 8.00. The normalized spacial score (nSPS) is 17.6. The first-order valence-electron chi connectivity index (χ1n) is 6.61. The van der Waals surface area contributed by atoms with Crippen LogP contribution in [0.4, 0.5) is 0 Å². The molecule has 19 heavy (non-hydrogen) atoms. The van der Waals surface area contributed by atoms with Crippen LogP contribution in [-0.2, 0) is 19.9 Å². The van der Waals surface area contributed by atoms with E-state index in [0.717, 1.165) is 25.3 Å². The third kappa shape index (κ3) is 2.98. The van der Waals surface area contributed by atoms with E-state index in [-0.39, 0.29) is 0 Å². The third-order valence-corrected chi connectivity index (χ3v) is 4.74. The number of hydrogen-bond donors (Lipinski definition) is 1. The largest absolute Gasteiger partial charge is 0.321 e. The van der Waals surface area contributed by atoms with E-state index in [1.54, 1.807) is 6.33 Å². The molecule has 1 unspecified atom stereocenters. The summed E-state index contributed by atoms with van der Waals surface area (Å²) in [6.45, 7) is 2.01. The lowest BCUT2D eigenvalue weighted by Gasteiger charge is -2.09. The number of aromatic nitrogens is 3. The fourth-order valence-electron chi connectivity index (χ4n) is 2.36. The minimum Gasteiger partial charge on any atom is -0.321 e. The van der Waals surface area contributed by atoms with Crippen LogP contribution in [0.5, 0.6) is 0 Å². The zero-order chi connectivity index (χ0) is 13.1. The average molecular weight is 274 g/mol. The van der Waals surface area contributed by atoms with Crippen molar-refractivity contribution in [3.8, 4) is 0 Å². The van der Waals surface area contributed by atoms with Crippen molar-refractivity contribution in [3.05, 3.63) is 42.0 Å². The molecule has 0 bridgehead atoms. The molecule has 0 spiro atoms. The molecule has 4 nitrogen and oxygen atoms in total. The molecule has 1 atom stereocenters. The molecule has 0 amide bonds. The van der Waals surface area contributed by atoms with Crippen molar-refractivity contribution in [2.45, 2.75) is 23.0 Å². The van der Waals surface area contributed by atoms with Crippen LogP contribution >= 0.6 is 11.8 Å². The van der Waals surface area contributed by atoms with Crippen LogP contribution in [0.2, 0.25) is 0 Å². The number of rotatable bonds is 5. The third-order valence-electron chi connectivity index (χ3n) is 3.42. The minimum absolute atomic E-state index is 0.664. The van der Waals surface area contributed by atoms with E-state index in [0.29, 0.717) is 5.25 Å². The summed E-state index contributed by atoms with van der Waals surface area (Å²) in [5.41, 5.74) is 1.49. The summed E-state index contributed by atoms with van der Waals surface area (Å²) in [4.78, 5) is 1.45. The summed E-state index contributed by atoms with van der Waals surface area (Å²) in [7, 11) is 1.98. The van der Waals surface area contributed by atoms with E-state index < -0.39 is 0 Å². The van der Waals surface area contributed by atoms with Crippen molar-refractivity contribution in [1.82, 2.24) is 20.1 Å². The summed E-state index contributed by atoms with van der Waals surface area (Å²) in [5, 5.41) is 12.2. The Morgan fingerprint density at radius 1 is 1.42 bits per heavy atom. The van der Waals surface area contributed by atoms with Gasteiger partial charge in [-0.3, -0.25) is 0 Å². The van der Waals surface area contributed by atoms with E-state index in [9.17, 15) is 0 Å². The molecule has 100 valence electrons. The van der Waals surface area contributed by atoms with Gasteiger partial charge in [-0.25, -0.2) is 0 Å². The van der Waals surface area contributed by atoms with Gasteiger partial charge in [0.05, 0.1) is 0 Å². The molecule has 0 radical (unpaired) electrons. The number of aryl methyl sites for hydroxylation is 1. The van der Waals surface area contributed by atoms with Gasteiger partial charge in [-0.15, -0.1) is 22.0 Å². The summed E-state index contributed by atoms with van der Waals surface area (Å²) in [5.74, 6) is 1.04. The second-order valence-corrected chi connectivity index (χ2v) is 6.21. The van der Waals surface area contributed by atoms with Crippen molar-refractivity contribution in [1.29, 1.82) is 0 Å². The van der Waals surface area contributed by atoms with Crippen LogP contribution < -0.4 is 5.32 Å². The standard InChI is InChI=1S/C14H18N4S/c1-18-10-16-17-14(18)6-7-15-9-12-8-11-4-2-3-5-13(11)19-12/h2-5,10,12,15H,6-9H2,1H3. The maximum Gasteiger partial charge on any atom is 0.133 e. The van der Waals surface area contributed by atoms with Crippen LogP contribution in [-0.4, -0.2) is 33.1 Å². The van der Waals surface area contributed by atoms with Crippen molar-refractivity contribution in [2.75, 3.05) is 13.1 Å². The molecule has 0 aliphatic carbocycles. The molecule has 0 fully saturated rings. The average Bonchev–Trinajstić information content (AvgIpc) is 3.00. The number of benzene rings is 1. The predicted molar refractivity (Wildman–Crippen MR) is 77.4 cm³/mol. The molecule has 1 aliphatic heterocycles. The van der Waals surface area contributed by atoms with Gasteiger partial charge in [0.1, 0.15) is 12.2 Å². The van der Waals surface area contributed by atoms with Gasteiger partial charge in [0.2, 0.25) is 0 Å². The van der Waals surface area contributed by atoms with Crippen molar-refractivity contribution in [2.24, 2.45) is 7.05 Å². The lowest BCUT2D eigenvalue weighted by Crippen LogP contribution is -2.26. The molecule has 2 aromatic rings. The van der Waals surface area contributed by atoms with Crippen LogP contribution in [0.3, 0.4) is 0 Å². The van der Waals surface area contributed by atoms with E-state index in [1.165, 1.54) is 16.9 Å². The minimum atomic E-state index is 0.664. The Morgan fingerprint density at radius 3 is 3.11 bits per heavy atom. The molecule has 0 saturated heterocycles. The summed E-state index contributed by atoms with van der Waals surface area (Å²) in [6.07, 6.45) is 3.86. The monoisotopic (exact) mass is 274 g/mol. The van der Waals surface area contributed by atoms with Crippen molar-refractivity contribution >= 4 is 11.8 Å². The van der Waals surface area contributed by atoms with Gasteiger partial charge in [0.25, 0.3) is 0 Å². The molecule has 1 aromatic heterocycles. The van der Waals surface area contributed by atoms with Gasteiger partial charge in [-0.1, -0.05) is 18.2 Å². The number of nitrogens with zero attached hydrogens (tertiary/aromatic N) is 3. The van der Waals surface area contributed by atoms with Crippen LogP contribution in [0.15, 0.2) is 35.5 Å². The Kier molecular flexibility index (Phi) is 3.84. The van der Waals surface area contributed by atoms with Crippen molar-refractivity contribution < 1.29 is 0 Å². The molecular formula is C14H18N4S. The van der Waals surface area contributed by atoms with Crippen LogP contribution in [0.25, 0.3) is 0 Å². The molecule has 1 aromatic carbocycles. The van der Waals surface area contributed by atoms with E-state index in [1.807, 2.05) is 23.4 Å². The zero-order valence-corrected chi connectivity index (χ0v) is 11.9. The van der Waals surface area contributed by atoms with Gasteiger partial charge in [-0.2, -0.15) is 0 Å². The molecular weight excluding hydrogens is 256 g/mol. The van der Waals surface area contributed by atoms with Gasteiger partial charge in [0, 0.05) is 36.7 Å². The Morgan fingerprint density at radius 2 is 2.32 bits per heavy atom. The number of fused-ring (bicyclic) bond motifs is 1. The predicted octanol–water partition coefficient (Wildman–Crippen LogP) is 1.66. The van der Waals surface area contributed by atoms with Gasteiger partial charge < -0.3 is 9.88 Å². The maximum atomic E-state index is 4.09. The second-order valence-electron chi connectivity index (χ2n) is 4.86.